The molecule has 0 fully saturated rings. The first kappa shape index (κ1) is 21.2. The van der Waals surface area contributed by atoms with E-state index in [0.717, 1.165) is 21.9 Å². The van der Waals surface area contributed by atoms with Crippen molar-refractivity contribution in [1.29, 1.82) is 0 Å². The molecule has 6 nitrogen and oxygen atoms in total. The lowest BCUT2D eigenvalue weighted by molar-refractivity contribution is -0.126. The zero-order chi connectivity index (χ0) is 21.3. The Morgan fingerprint density at radius 2 is 1.57 bits per heavy atom. The molecule has 0 unspecified atom stereocenters. The molecule has 0 bridgehead atoms. The van der Waals surface area contributed by atoms with Gasteiger partial charge < -0.3 is 10.6 Å². The largest absolute Gasteiger partial charge is 0.357 e. The summed E-state index contributed by atoms with van der Waals surface area (Å²) < 4.78 is 12.9. The van der Waals surface area contributed by atoms with Gasteiger partial charge in [0.2, 0.25) is 5.91 Å². The van der Waals surface area contributed by atoms with Crippen molar-refractivity contribution in [2.45, 2.75) is 13.0 Å². The Bertz CT molecular complexity index is 1050. The van der Waals surface area contributed by atoms with Crippen molar-refractivity contribution in [3.63, 3.8) is 0 Å². The summed E-state index contributed by atoms with van der Waals surface area (Å²) in [6.07, 6.45) is 0.180. The van der Waals surface area contributed by atoms with Crippen molar-refractivity contribution in [3.8, 4) is 0 Å². The van der Waals surface area contributed by atoms with E-state index in [1.807, 2.05) is 42.5 Å². The SMILES string of the molecule is O=C(Cc1cccc2ccccc12)NCC(=O)NNC(=S)NCc1ccc(F)cc1. The van der Waals surface area contributed by atoms with Gasteiger partial charge in [-0.15, -0.1) is 0 Å². The van der Waals surface area contributed by atoms with Crippen LogP contribution in [0.3, 0.4) is 0 Å². The number of halogens is 1. The van der Waals surface area contributed by atoms with Gasteiger partial charge >= 0.3 is 0 Å². The minimum atomic E-state index is -0.438. The molecule has 0 aliphatic carbocycles. The third kappa shape index (κ3) is 6.25. The van der Waals surface area contributed by atoms with Gasteiger partial charge in [0.1, 0.15) is 5.82 Å². The number of benzene rings is 3. The fourth-order valence-corrected chi connectivity index (χ4v) is 2.98. The van der Waals surface area contributed by atoms with Gasteiger partial charge in [-0.05, 0) is 46.2 Å². The molecule has 0 saturated carbocycles. The minimum Gasteiger partial charge on any atom is -0.357 e. The van der Waals surface area contributed by atoms with Crippen LogP contribution in [0.4, 0.5) is 4.39 Å². The average molecular weight is 425 g/mol. The molecular weight excluding hydrogens is 403 g/mol. The molecule has 0 atom stereocenters. The van der Waals surface area contributed by atoms with E-state index < -0.39 is 5.91 Å². The average Bonchev–Trinajstić information content (AvgIpc) is 2.76. The van der Waals surface area contributed by atoms with Crippen LogP contribution in [-0.2, 0) is 22.6 Å². The van der Waals surface area contributed by atoms with Crippen molar-refractivity contribution in [1.82, 2.24) is 21.5 Å². The quantitative estimate of drug-likeness (QED) is 0.361. The number of amides is 2. The summed E-state index contributed by atoms with van der Waals surface area (Å²) in [5, 5.41) is 7.75. The molecule has 0 aliphatic rings. The van der Waals surface area contributed by atoms with Gasteiger partial charge in [0, 0.05) is 6.54 Å². The van der Waals surface area contributed by atoms with Gasteiger partial charge in [0.15, 0.2) is 5.11 Å². The maximum absolute atomic E-state index is 12.9. The van der Waals surface area contributed by atoms with Gasteiger partial charge in [-0.2, -0.15) is 0 Å². The molecule has 4 N–H and O–H groups in total. The lowest BCUT2D eigenvalue weighted by Crippen LogP contribution is -2.49. The molecule has 8 heteroatoms. The summed E-state index contributed by atoms with van der Waals surface area (Å²) in [5.41, 5.74) is 6.71. The van der Waals surface area contributed by atoms with Crippen molar-refractivity contribution in [2.24, 2.45) is 0 Å². The third-order valence-electron chi connectivity index (χ3n) is 4.36. The number of hydrazine groups is 1. The summed E-state index contributed by atoms with van der Waals surface area (Å²) in [5.74, 6) is -1.00. The first-order valence-corrected chi connectivity index (χ1v) is 9.72. The zero-order valence-corrected chi connectivity index (χ0v) is 16.9. The third-order valence-corrected chi connectivity index (χ3v) is 4.61. The summed E-state index contributed by atoms with van der Waals surface area (Å²) in [7, 11) is 0. The summed E-state index contributed by atoms with van der Waals surface area (Å²) in [6, 6.07) is 19.6. The molecule has 0 saturated heterocycles. The second-order valence-corrected chi connectivity index (χ2v) is 6.98. The fourth-order valence-electron chi connectivity index (χ4n) is 2.86. The monoisotopic (exact) mass is 424 g/mol. The zero-order valence-electron chi connectivity index (χ0n) is 16.1. The lowest BCUT2D eigenvalue weighted by atomic mass is 10.0. The van der Waals surface area contributed by atoms with E-state index in [1.54, 1.807) is 12.1 Å². The number of rotatable bonds is 6. The standard InChI is InChI=1S/C22H21FN4O2S/c23-18-10-8-15(9-11-18)13-25-22(30)27-26-21(29)14-24-20(28)12-17-6-3-5-16-4-1-2-7-19(16)17/h1-11H,12-14H2,(H,24,28)(H,26,29)(H2,25,27,30). The van der Waals surface area contributed by atoms with E-state index >= 15 is 0 Å². The molecule has 0 spiro atoms. The molecule has 3 aromatic rings. The normalized spacial score (nSPS) is 10.3. The molecule has 0 radical (unpaired) electrons. The Morgan fingerprint density at radius 3 is 2.37 bits per heavy atom. The fraction of sp³-hybridized carbons (Fsp3) is 0.136. The van der Waals surface area contributed by atoms with Crippen LogP contribution in [0.25, 0.3) is 10.8 Å². The maximum Gasteiger partial charge on any atom is 0.257 e. The van der Waals surface area contributed by atoms with E-state index in [1.165, 1.54) is 12.1 Å². The number of hydrogen-bond donors (Lipinski definition) is 4. The Hall–Kier alpha value is -3.52. The van der Waals surface area contributed by atoms with Crippen LogP contribution < -0.4 is 21.5 Å². The number of thiocarbonyl (C=S) groups is 1. The molecular formula is C22H21FN4O2S. The van der Waals surface area contributed by atoms with Gasteiger partial charge in [-0.1, -0.05) is 54.6 Å². The van der Waals surface area contributed by atoms with Crippen molar-refractivity contribution in [2.75, 3.05) is 6.54 Å². The van der Waals surface area contributed by atoms with Crippen molar-refractivity contribution in [3.05, 3.63) is 83.7 Å². The molecule has 0 heterocycles. The lowest BCUT2D eigenvalue weighted by Gasteiger charge is -2.12. The molecule has 30 heavy (non-hydrogen) atoms. The molecule has 3 rings (SSSR count). The Balaban J connectivity index is 1.38. The number of carbonyl (C=O) groups excluding carboxylic acids is 2. The van der Waals surface area contributed by atoms with E-state index in [4.69, 9.17) is 12.2 Å². The highest BCUT2D eigenvalue weighted by molar-refractivity contribution is 7.80. The van der Waals surface area contributed by atoms with Crippen LogP contribution >= 0.6 is 12.2 Å². The van der Waals surface area contributed by atoms with Crippen LogP contribution in [-0.4, -0.2) is 23.5 Å². The Kier molecular flexibility index (Phi) is 7.29. The second-order valence-electron chi connectivity index (χ2n) is 6.57. The van der Waals surface area contributed by atoms with Crippen molar-refractivity contribution < 1.29 is 14.0 Å². The molecule has 0 aromatic heterocycles. The summed E-state index contributed by atoms with van der Waals surface area (Å²) >= 11 is 5.07. The smallest absolute Gasteiger partial charge is 0.257 e. The van der Waals surface area contributed by atoms with Crippen LogP contribution in [0.5, 0.6) is 0 Å². The first-order chi connectivity index (χ1) is 14.5. The highest BCUT2D eigenvalue weighted by Gasteiger charge is 2.09. The summed E-state index contributed by atoms with van der Waals surface area (Å²) in [6.45, 7) is 0.195. The van der Waals surface area contributed by atoms with Gasteiger partial charge in [0.05, 0.1) is 13.0 Å². The van der Waals surface area contributed by atoms with E-state index in [-0.39, 0.29) is 29.8 Å². The van der Waals surface area contributed by atoms with E-state index in [9.17, 15) is 14.0 Å². The maximum atomic E-state index is 12.9. The van der Waals surface area contributed by atoms with E-state index in [2.05, 4.69) is 21.5 Å². The number of hydrogen-bond acceptors (Lipinski definition) is 3. The number of nitrogens with one attached hydrogen (secondary N) is 4. The highest BCUT2D eigenvalue weighted by Crippen LogP contribution is 2.18. The number of carbonyl (C=O) groups is 2. The van der Waals surface area contributed by atoms with Crippen LogP contribution in [0.2, 0.25) is 0 Å². The number of fused-ring (bicyclic) bond motifs is 1. The van der Waals surface area contributed by atoms with Crippen LogP contribution in [0, 0.1) is 5.82 Å². The van der Waals surface area contributed by atoms with E-state index in [0.29, 0.717) is 6.54 Å². The highest BCUT2D eigenvalue weighted by atomic mass is 32.1. The Morgan fingerprint density at radius 1 is 0.833 bits per heavy atom. The Labute approximate surface area is 178 Å². The molecule has 2 amide bonds. The molecule has 154 valence electrons. The summed E-state index contributed by atoms with van der Waals surface area (Å²) in [4.78, 5) is 24.1. The van der Waals surface area contributed by atoms with Crippen molar-refractivity contribution >= 4 is 39.9 Å². The van der Waals surface area contributed by atoms with Gasteiger partial charge in [-0.25, -0.2) is 4.39 Å². The topological polar surface area (TPSA) is 82.3 Å². The minimum absolute atomic E-state index is 0.180. The predicted octanol–water partition coefficient (Wildman–Crippen LogP) is 2.33. The molecule has 0 aliphatic heterocycles. The predicted molar refractivity (Wildman–Crippen MR) is 118 cm³/mol. The molecule has 3 aromatic carbocycles. The second kappa shape index (κ2) is 10.3. The van der Waals surface area contributed by atoms with Gasteiger partial charge in [-0.3, -0.25) is 20.4 Å². The van der Waals surface area contributed by atoms with Gasteiger partial charge in [0.25, 0.3) is 5.91 Å². The first-order valence-electron chi connectivity index (χ1n) is 9.32. The van der Waals surface area contributed by atoms with Crippen LogP contribution in [0.1, 0.15) is 11.1 Å². The van der Waals surface area contributed by atoms with Crippen LogP contribution in [0.15, 0.2) is 66.7 Å².